The number of carboxylic acids is 1. The third-order valence-electron chi connectivity index (χ3n) is 2.43. The molecule has 0 aliphatic carbocycles. The van der Waals surface area contributed by atoms with Crippen molar-refractivity contribution < 1.29 is 14.3 Å². The van der Waals surface area contributed by atoms with Crippen molar-refractivity contribution in [3.05, 3.63) is 34.1 Å². The first-order valence-corrected chi connectivity index (χ1v) is 6.27. The molecule has 0 aliphatic rings. The van der Waals surface area contributed by atoms with E-state index in [1.165, 1.54) is 18.2 Å². The predicted octanol–water partition coefficient (Wildman–Crippen LogP) is 1.87. The van der Waals surface area contributed by atoms with Gasteiger partial charge in [0.25, 0.3) is 0 Å². The number of rotatable bonds is 6. The van der Waals surface area contributed by atoms with Gasteiger partial charge in [0.1, 0.15) is 11.9 Å². The molecule has 1 aromatic carbocycles. The van der Waals surface area contributed by atoms with Crippen molar-refractivity contribution in [2.24, 2.45) is 0 Å². The summed E-state index contributed by atoms with van der Waals surface area (Å²) in [6, 6.07) is 3.14. The molecule has 1 atom stereocenters. The molecule has 2 N–H and O–H groups in total. The number of nitrogens with zero attached hydrogens (tertiary/aromatic N) is 1. The SMILES string of the molecule is CN(C)CCNC(C(=O)O)c1ccc(F)cc1Br. The molecule has 0 saturated carbocycles. The molecule has 0 radical (unpaired) electrons. The molecule has 0 bridgehead atoms. The van der Waals surface area contributed by atoms with Crippen LogP contribution in [0.3, 0.4) is 0 Å². The minimum Gasteiger partial charge on any atom is -0.480 e. The minimum atomic E-state index is -0.985. The lowest BCUT2D eigenvalue weighted by Gasteiger charge is -2.18. The van der Waals surface area contributed by atoms with Crippen molar-refractivity contribution in [2.45, 2.75) is 6.04 Å². The van der Waals surface area contributed by atoms with E-state index in [0.29, 0.717) is 16.6 Å². The average Bonchev–Trinajstić information content (AvgIpc) is 2.25. The van der Waals surface area contributed by atoms with Crippen LogP contribution in [0.25, 0.3) is 0 Å². The Morgan fingerprint density at radius 1 is 1.56 bits per heavy atom. The van der Waals surface area contributed by atoms with Gasteiger partial charge in [-0.05, 0) is 31.8 Å². The van der Waals surface area contributed by atoms with Crippen LogP contribution in [0.4, 0.5) is 4.39 Å². The van der Waals surface area contributed by atoms with Crippen molar-refractivity contribution in [1.29, 1.82) is 0 Å². The van der Waals surface area contributed by atoms with Crippen molar-refractivity contribution in [1.82, 2.24) is 10.2 Å². The highest BCUT2D eigenvalue weighted by atomic mass is 79.9. The molecule has 0 aliphatic heterocycles. The van der Waals surface area contributed by atoms with Crippen LogP contribution in [0.5, 0.6) is 0 Å². The zero-order valence-corrected chi connectivity index (χ0v) is 11.9. The molecule has 0 fully saturated rings. The zero-order valence-electron chi connectivity index (χ0n) is 10.3. The monoisotopic (exact) mass is 318 g/mol. The van der Waals surface area contributed by atoms with Crippen LogP contribution in [-0.2, 0) is 4.79 Å². The Morgan fingerprint density at radius 3 is 2.72 bits per heavy atom. The van der Waals surface area contributed by atoms with E-state index in [1.54, 1.807) is 0 Å². The van der Waals surface area contributed by atoms with Crippen LogP contribution >= 0.6 is 15.9 Å². The fourth-order valence-corrected chi connectivity index (χ4v) is 2.08. The summed E-state index contributed by atoms with van der Waals surface area (Å²) in [6.45, 7) is 1.26. The first-order chi connectivity index (χ1) is 8.41. The smallest absolute Gasteiger partial charge is 0.325 e. The Labute approximate surface area is 114 Å². The molecular formula is C12H16BrFN2O2. The van der Waals surface area contributed by atoms with E-state index in [1.807, 2.05) is 19.0 Å². The van der Waals surface area contributed by atoms with E-state index >= 15 is 0 Å². The number of carboxylic acid groups (broad SMARTS) is 1. The maximum Gasteiger partial charge on any atom is 0.325 e. The second kappa shape index (κ2) is 6.82. The van der Waals surface area contributed by atoms with E-state index in [4.69, 9.17) is 0 Å². The number of halogens is 2. The first-order valence-electron chi connectivity index (χ1n) is 5.47. The molecule has 1 unspecified atom stereocenters. The van der Waals surface area contributed by atoms with Crippen LogP contribution in [-0.4, -0.2) is 43.2 Å². The van der Waals surface area contributed by atoms with Gasteiger partial charge < -0.3 is 10.0 Å². The summed E-state index contributed by atoms with van der Waals surface area (Å²) in [5.74, 6) is -1.39. The summed E-state index contributed by atoms with van der Waals surface area (Å²) in [5.41, 5.74) is 0.516. The van der Waals surface area contributed by atoms with Crippen LogP contribution < -0.4 is 5.32 Å². The predicted molar refractivity (Wildman–Crippen MR) is 71.0 cm³/mol. The molecule has 1 aromatic rings. The van der Waals surface area contributed by atoms with Gasteiger partial charge in [0.15, 0.2) is 0 Å². The van der Waals surface area contributed by atoms with Gasteiger partial charge in [0, 0.05) is 17.6 Å². The standard InChI is InChI=1S/C12H16BrFN2O2/c1-16(2)6-5-15-11(12(17)18)9-4-3-8(14)7-10(9)13/h3-4,7,11,15H,5-6H2,1-2H3,(H,17,18). The summed E-state index contributed by atoms with van der Waals surface area (Å²) in [4.78, 5) is 13.2. The molecule has 0 heterocycles. The number of aliphatic carboxylic acids is 1. The highest BCUT2D eigenvalue weighted by molar-refractivity contribution is 9.10. The largest absolute Gasteiger partial charge is 0.480 e. The van der Waals surface area contributed by atoms with E-state index in [0.717, 1.165) is 6.54 Å². The molecule has 0 saturated heterocycles. The Balaban J connectivity index is 2.81. The maximum atomic E-state index is 13.0. The average molecular weight is 319 g/mol. The Morgan fingerprint density at radius 2 is 2.22 bits per heavy atom. The molecule has 0 aromatic heterocycles. The molecule has 0 spiro atoms. The maximum absolute atomic E-state index is 13.0. The third kappa shape index (κ3) is 4.36. The molecule has 18 heavy (non-hydrogen) atoms. The molecule has 6 heteroatoms. The van der Waals surface area contributed by atoms with Crippen molar-refractivity contribution in [2.75, 3.05) is 27.2 Å². The lowest BCUT2D eigenvalue weighted by Crippen LogP contribution is -2.34. The first kappa shape index (κ1) is 15.1. The normalized spacial score (nSPS) is 12.7. The summed E-state index contributed by atoms with van der Waals surface area (Å²) >= 11 is 3.18. The Hall–Kier alpha value is -0.980. The third-order valence-corrected chi connectivity index (χ3v) is 3.11. The van der Waals surface area contributed by atoms with Gasteiger partial charge in [0.05, 0.1) is 0 Å². The lowest BCUT2D eigenvalue weighted by atomic mass is 10.1. The van der Waals surface area contributed by atoms with E-state index in [-0.39, 0.29) is 0 Å². The summed E-state index contributed by atoms with van der Waals surface area (Å²) in [6.07, 6.45) is 0. The molecule has 0 amide bonds. The highest BCUT2D eigenvalue weighted by Crippen LogP contribution is 2.24. The van der Waals surface area contributed by atoms with Crippen LogP contribution in [0.15, 0.2) is 22.7 Å². The Bertz CT molecular complexity index is 427. The van der Waals surface area contributed by atoms with Gasteiger partial charge in [-0.15, -0.1) is 0 Å². The minimum absolute atomic E-state index is 0.400. The summed E-state index contributed by atoms with van der Waals surface area (Å²) < 4.78 is 13.4. The highest BCUT2D eigenvalue weighted by Gasteiger charge is 2.21. The van der Waals surface area contributed by atoms with Crippen molar-refractivity contribution in [3.63, 3.8) is 0 Å². The fourth-order valence-electron chi connectivity index (χ4n) is 1.50. The van der Waals surface area contributed by atoms with Gasteiger partial charge in [-0.2, -0.15) is 0 Å². The van der Waals surface area contributed by atoms with E-state index in [9.17, 15) is 14.3 Å². The number of hydrogen-bond donors (Lipinski definition) is 2. The van der Waals surface area contributed by atoms with Crippen molar-refractivity contribution >= 4 is 21.9 Å². The topological polar surface area (TPSA) is 52.6 Å². The van der Waals surface area contributed by atoms with Crippen LogP contribution in [0, 0.1) is 5.82 Å². The van der Waals surface area contributed by atoms with E-state index < -0.39 is 17.8 Å². The fraction of sp³-hybridized carbons (Fsp3) is 0.417. The van der Waals surface area contributed by atoms with E-state index in [2.05, 4.69) is 21.2 Å². The number of likely N-dealkylation sites (N-methyl/N-ethyl adjacent to an activating group) is 1. The molecule has 1 rings (SSSR count). The molecular weight excluding hydrogens is 303 g/mol. The number of hydrogen-bond acceptors (Lipinski definition) is 3. The van der Waals surface area contributed by atoms with Crippen LogP contribution in [0.1, 0.15) is 11.6 Å². The van der Waals surface area contributed by atoms with Gasteiger partial charge in [-0.1, -0.05) is 22.0 Å². The van der Waals surface area contributed by atoms with Crippen LogP contribution in [0.2, 0.25) is 0 Å². The number of benzene rings is 1. The van der Waals surface area contributed by atoms with Gasteiger partial charge in [-0.25, -0.2) is 4.39 Å². The second-order valence-corrected chi connectivity index (χ2v) is 5.05. The summed E-state index contributed by atoms with van der Waals surface area (Å²) in [7, 11) is 3.82. The Kier molecular flexibility index (Phi) is 5.71. The van der Waals surface area contributed by atoms with Gasteiger partial charge >= 0.3 is 5.97 Å². The molecule has 4 nitrogen and oxygen atoms in total. The number of nitrogens with one attached hydrogen (secondary N) is 1. The second-order valence-electron chi connectivity index (χ2n) is 4.19. The van der Waals surface area contributed by atoms with Crippen molar-refractivity contribution in [3.8, 4) is 0 Å². The number of carbonyl (C=O) groups is 1. The summed E-state index contributed by atoms with van der Waals surface area (Å²) in [5, 5.41) is 12.1. The quantitative estimate of drug-likeness (QED) is 0.840. The zero-order chi connectivity index (χ0) is 13.7. The molecule has 100 valence electrons. The van der Waals surface area contributed by atoms with Gasteiger partial charge in [0.2, 0.25) is 0 Å². The van der Waals surface area contributed by atoms with Gasteiger partial charge in [-0.3, -0.25) is 10.1 Å². The lowest BCUT2D eigenvalue weighted by molar-refractivity contribution is -0.139.